The Bertz CT molecular complexity index is 222. The van der Waals surface area contributed by atoms with Crippen LogP contribution in [0.5, 0.6) is 0 Å². The lowest BCUT2D eigenvalue weighted by Gasteiger charge is -2.23. The number of aldehydes is 1. The average Bonchev–Trinajstić information content (AvgIpc) is 2.10. The highest BCUT2D eigenvalue weighted by atomic mass is 16.6. The van der Waals surface area contributed by atoms with Crippen LogP contribution in [0, 0.1) is 0 Å². The Balaban J connectivity index is 4.19. The predicted molar refractivity (Wildman–Crippen MR) is 55.5 cm³/mol. The molecule has 1 amide bonds. The number of aliphatic hydroxyl groups excluding tert-OH is 1. The summed E-state index contributed by atoms with van der Waals surface area (Å²) in [6.07, 6.45) is -0.695. The quantitative estimate of drug-likeness (QED) is 0.684. The van der Waals surface area contributed by atoms with E-state index in [0.29, 0.717) is 12.7 Å². The largest absolute Gasteiger partial charge is 0.444 e. The zero-order valence-corrected chi connectivity index (χ0v) is 9.61. The second-order valence-corrected chi connectivity index (χ2v) is 4.28. The molecule has 2 N–H and O–H groups in total. The van der Waals surface area contributed by atoms with Gasteiger partial charge >= 0.3 is 6.09 Å². The van der Waals surface area contributed by atoms with Crippen LogP contribution in [-0.4, -0.2) is 35.2 Å². The van der Waals surface area contributed by atoms with Crippen molar-refractivity contribution in [2.24, 2.45) is 0 Å². The summed E-state index contributed by atoms with van der Waals surface area (Å²) >= 11 is 0. The molecule has 0 saturated carbocycles. The number of carbonyl (C=O) groups is 2. The molecule has 88 valence electrons. The Kier molecular flexibility index (Phi) is 5.28. The van der Waals surface area contributed by atoms with Gasteiger partial charge in [-0.05, 0) is 27.2 Å². The third-order valence-corrected chi connectivity index (χ3v) is 1.66. The van der Waals surface area contributed by atoms with Crippen LogP contribution in [0.2, 0.25) is 0 Å². The number of alkyl carbamates (subject to hydrolysis) is 1. The van der Waals surface area contributed by atoms with E-state index < -0.39 is 23.8 Å². The Morgan fingerprint density at radius 2 is 2.07 bits per heavy atom. The molecular weight excluding hydrogens is 198 g/mol. The summed E-state index contributed by atoms with van der Waals surface area (Å²) in [5.74, 6) is 0. The second kappa shape index (κ2) is 5.70. The summed E-state index contributed by atoms with van der Waals surface area (Å²) in [5.41, 5.74) is -0.616. The molecule has 0 spiro atoms. The van der Waals surface area contributed by atoms with Crippen LogP contribution in [0.1, 0.15) is 34.1 Å². The second-order valence-electron chi connectivity index (χ2n) is 4.28. The van der Waals surface area contributed by atoms with Crippen molar-refractivity contribution in [1.29, 1.82) is 0 Å². The van der Waals surface area contributed by atoms with Gasteiger partial charge in [0.25, 0.3) is 0 Å². The molecule has 0 rings (SSSR count). The fourth-order valence-electron chi connectivity index (χ4n) is 0.918. The molecule has 0 radical (unpaired) electrons. The van der Waals surface area contributed by atoms with Gasteiger partial charge in [-0.2, -0.15) is 0 Å². The third-order valence-electron chi connectivity index (χ3n) is 1.66. The molecule has 15 heavy (non-hydrogen) atoms. The Labute approximate surface area is 89.8 Å². The van der Waals surface area contributed by atoms with Gasteiger partial charge in [-0.1, -0.05) is 6.92 Å². The summed E-state index contributed by atoms with van der Waals surface area (Å²) in [7, 11) is 0. The highest BCUT2D eigenvalue weighted by molar-refractivity contribution is 5.73. The van der Waals surface area contributed by atoms with Crippen molar-refractivity contribution in [2.45, 2.75) is 51.9 Å². The van der Waals surface area contributed by atoms with Crippen LogP contribution < -0.4 is 5.32 Å². The van der Waals surface area contributed by atoms with Crippen molar-refractivity contribution in [3.63, 3.8) is 0 Å². The molecule has 0 aromatic rings. The number of nitrogens with one attached hydrogen (secondary N) is 1. The van der Waals surface area contributed by atoms with Gasteiger partial charge in [0.05, 0.1) is 6.10 Å². The highest BCUT2D eigenvalue weighted by Crippen LogP contribution is 2.07. The van der Waals surface area contributed by atoms with Crippen molar-refractivity contribution in [2.75, 3.05) is 0 Å². The van der Waals surface area contributed by atoms with Crippen molar-refractivity contribution < 1.29 is 19.4 Å². The van der Waals surface area contributed by atoms with E-state index in [0.717, 1.165) is 0 Å². The molecule has 0 fully saturated rings. The lowest BCUT2D eigenvalue weighted by molar-refractivity contribution is -0.112. The van der Waals surface area contributed by atoms with E-state index in [1.165, 1.54) is 0 Å². The average molecular weight is 217 g/mol. The van der Waals surface area contributed by atoms with E-state index in [9.17, 15) is 14.7 Å². The number of carbonyl (C=O) groups excluding carboxylic acids is 2. The highest BCUT2D eigenvalue weighted by Gasteiger charge is 2.22. The summed E-state index contributed by atoms with van der Waals surface area (Å²) in [4.78, 5) is 21.8. The summed E-state index contributed by atoms with van der Waals surface area (Å²) in [6, 6.07) is -0.912. The molecule has 0 aliphatic carbocycles. The third kappa shape index (κ3) is 6.06. The summed E-state index contributed by atoms with van der Waals surface area (Å²) in [5, 5.41) is 11.7. The maximum absolute atomic E-state index is 11.2. The fraction of sp³-hybridized carbons (Fsp3) is 0.800. The maximum atomic E-state index is 11.2. The molecule has 2 atom stereocenters. The van der Waals surface area contributed by atoms with Gasteiger partial charge in [-0.25, -0.2) is 4.79 Å². The number of ether oxygens (including phenoxy) is 1. The normalized spacial score (nSPS) is 15.3. The van der Waals surface area contributed by atoms with Crippen LogP contribution in [-0.2, 0) is 9.53 Å². The van der Waals surface area contributed by atoms with E-state index in [1.54, 1.807) is 27.7 Å². The lowest BCUT2D eigenvalue weighted by Crippen LogP contribution is -2.46. The molecule has 0 aromatic heterocycles. The monoisotopic (exact) mass is 217 g/mol. The van der Waals surface area contributed by atoms with Crippen molar-refractivity contribution in [3.05, 3.63) is 0 Å². The molecule has 0 aromatic carbocycles. The van der Waals surface area contributed by atoms with E-state index in [2.05, 4.69) is 5.32 Å². The SMILES string of the molecule is CCC(O)C(C=O)NC(=O)OC(C)(C)C. The van der Waals surface area contributed by atoms with Crippen LogP contribution in [0.15, 0.2) is 0 Å². The standard InChI is InChI=1S/C10H19NO4/c1-5-8(13)7(6-12)11-9(14)15-10(2,3)4/h6-8,13H,5H2,1-4H3,(H,11,14). The molecule has 0 bridgehead atoms. The van der Waals surface area contributed by atoms with Crippen LogP contribution in [0.3, 0.4) is 0 Å². The van der Waals surface area contributed by atoms with E-state index in [1.807, 2.05) is 0 Å². The summed E-state index contributed by atoms with van der Waals surface area (Å²) < 4.78 is 4.94. The molecular formula is C10H19NO4. The Morgan fingerprint density at radius 1 is 1.53 bits per heavy atom. The number of hydrogen-bond acceptors (Lipinski definition) is 4. The number of rotatable bonds is 4. The predicted octanol–water partition coefficient (Wildman–Crippen LogP) is 0.849. The fourth-order valence-corrected chi connectivity index (χ4v) is 0.918. The Morgan fingerprint density at radius 3 is 2.40 bits per heavy atom. The molecule has 0 saturated heterocycles. The minimum atomic E-state index is -0.912. The molecule has 0 aliphatic heterocycles. The lowest BCUT2D eigenvalue weighted by atomic mass is 10.1. The number of aliphatic hydroxyl groups is 1. The van der Waals surface area contributed by atoms with Crippen LogP contribution in [0.4, 0.5) is 4.79 Å². The van der Waals surface area contributed by atoms with Gasteiger partial charge in [0.2, 0.25) is 0 Å². The molecule has 0 aliphatic rings. The zero-order valence-electron chi connectivity index (χ0n) is 9.61. The van der Waals surface area contributed by atoms with E-state index in [-0.39, 0.29) is 0 Å². The number of hydrogen-bond donors (Lipinski definition) is 2. The molecule has 5 nitrogen and oxygen atoms in total. The maximum Gasteiger partial charge on any atom is 0.408 e. The van der Waals surface area contributed by atoms with Gasteiger partial charge in [-0.3, -0.25) is 0 Å². The van der Waals surface area contributed by atoms with E-state index >= 15 is 0 Å². The zero-order chi connectivity index (χ0) is 12.1. The van der Waals surface area contributed by atoms with Crippen molar-refractivity contribution >= 4 is 12.4 Å². The van der Waals surface area contributed by atoms with Crippen molar-refractivity contribution in [1.82, 2.24) is 5.32 Å². The van der Waals surface area contributed by atoms with E-state index in [4.69, 9.17) is 4.74 Å². The first kappa shape index (κ1) is 13.9. The van der Waals surface area contributed by atoms with Gasteiger partial charge in [-0.15, -0.1) is 0 Å². The van der Waals surface area contributed by atoms with Gasteiger partial charge in [0.15, 0.2) is 0 Å². The van der Waals surface area contributed by atoms with Gasteiger partial charge in [0.1, 0.15) is 17.9 Å². The molecule has 0 heterocycles. The van der Waals surface area contributed by atoms with Gasteiger partial charge in [0, 0.05) is 0 Å². The van der Waals surface area contributed by atoms with Gasteiger partial charge < -0.3 is 20.0 Å². The molecule has 2 unspecified atom stereocenters. The summed E-state index contributed by atoms with van der Waals surface area (Å²) in [6.45, 7) is 6.88. The minimum absolute atomic E-state index is 0.388. The molecule has 5 heteroatoms. The van der Waals surface area contributed by atoms with Crippen LogP contribution >= 0.6 is 0 Å². The van der Waals surface area contributed by atoms with Crippen molar-refractivity contribution in [3.8, 4) is 0 Å². The topological polar surface area (TPSA) is 75.6 Å². The first-order chi connectivity index (χ1) is 6.80. The smallest absolute Gasteiger partial charge is 0.408 e. The Hall–Kier alpha value is -1.10. The first-order valence-corrected chi connectivity index (χ1v) is 4.93. The van der Waals surface area contributed by atoms with Crippen LogP contribution in [0.25, 0.3) is 0 Å². The minimum Gasteiger partial charge on any atom is -0.444 e. The first-order valence-electron chi connectivity index (χ1n) is 4.93. The number of amides is 1.